The van der Waals surface area contributed by atoms with Crippen LogP contribution in [0.4, 0.5) is 10.1 Å². The van der Waals surface area contributed by atoms with Crippen LogP contribution in [0.3, 0.4) is 0 Å². The number of ether oxygens (including phenoxy) is 1. The van der Waals surface area contributed by atoms with Gasteiger partial charge in [-0.25, -0.2) is 9.82 Å². The van der Waals surface area contributed by atoms with Gasteiger partial charge >= 0.3 is 0 Å². The maximum absolute atomic E-state index is 12.9. The lowest BCUT2D eigenvalue weighted by atomic mass is 10.1. The molecule has 0 aliphatic carbocycles. The third kappa shape index (κ3) is 6.21. The number of amides is 1. The first-order valence-electron chi connectivity index (χ1n) is 10.4. The van der Waals surface area contributed by atoms with Gasteiger partial charge in [-0.3, -0.25) is 4.79 Å². The van der Waals surface area contributed by atoms with Gasteiger partial charge in [-0.05, 0) is 90.2 Å². The summed E-state index contributed by atoms with van der Waals surface area (Å²) >= 11 is 7.11. The monoisotopic (exact) mass is 583 g/mol. The molecular formula is C26H20Br2FN3O2. The largest absolute Gasteiger partial charge is 0.487 e. The molecular weight excluding hydrogens is 565 g/mol. The number of benzene rings is 4. The normalized spacial score (nSPS) is 11.0. The van der Waals surface area contributed by atoms with Crippen molar-refractivity contribution in [3.05, 3.63) is 105 Å². The van der Waals surface area contributed by atoms with Crippen molar-refractivity contribution in [2.75, 3.05) is 11.9 Å². The Morgan fingerprint density at radius 3 is 2.44 bits per heavy atom. The van der Waals surface area contributed by atoms with Crippen LogP contribution in [0, 0.1) is 5.82 Å². The molecule has 0 radical (unpaired) electrons. The van der Waals surface area contributed by atoms with Crippen molar-refractivity contribution in [3.63, 3.8) is 0 Å². The second kappa shape index (κ2) is 11.3. The average molecular weight is 585 g/mol. The fourth-order valence-corrected chi connectivity index (χ4v) is 4.78. The van der Waals surface area contributed by atoms with E-state index >= 15 is 0 Å². The Morgan fingerprint density at radius 1 is 0.971 bits per heavy atom. The highest BCUT2D eigenvalue weighted by molar-refractivity contribution is 9.11. The number of nitrogens with zero attached hydrogens (tertiary/aromatic N) is 1. The second-order valence-corrected chi connectivity index (χ2v) is 9.10. The van der Waals surface area contributed by atoms with E-state index in [4.69, 9.17) is 4.74 Å². The highest BCUT2D eigenvalue weighted by atomic mass is 79.9. The number of rotatable bonds is 8. The molecule has 2 N–H and O–H groups in total. The molecule has 0 saturated heterocycles. The topological polar surface area (TPSA) is 62.7 Å². The van der Waals surface area contributed by atoms with Gasteiger partial charge in [-0.1, -0.05) is 42.5 Å². The molecule has 0 unspecified atom stereocenters. The van der Waals surface area contributed by atoms with Gasteiger partial charge in [-0.15, -0.1) is 0 Å². The predicted octanol–water partition coefficient (Wildman–Crippen LogP) is 6.65. The first kappa shape index (κ1) is 23.9. The summed E-state index contributed by atoms with van der Waals surface area (Å²) in [7, 11) is 0. The molecule has 1 amide bonds. The number of halogens is 3. The molecule has 5 nitrogen and oxygen atoms in total. The first-order valence-corrected chi connectivity index (χ1v) is 12.0. The average Bonchev–Trinajstić information content (AvgIpc) is 2.83. The lowest BCUT2D eigenvalue weighted by Gasteiger charge is -2.13. The molecule has 0 aromatic heterocycles. The van der Waals surface area contributed by atoms with Crippen LogP contribution < -0.4 is 15.5 Å². The quantitative estimate of drug-likeness (QED) is 0.180. The minimum absolute atomic E-state index is 0.0112. The third-order valence-corrected chi connectivity index (χ3v) is 6.15. The fourth-order valence-electron chi connectivity index (χ4n) is 3.33. The third-order valence-electron chi connectivity index (χ3n) is 4.97. The number of nitrogens with one attached hydrogen (secondary N) is 2. The Balaban J connectivity index is 1.34. The van der Waals surface area contributed by atoms with Crippen LogP contribution in [0.2, 0.25) is 0 Å². The summed E-state index contributed by atoms with van der Waals surface area (Å²) in [5, 5.41) is 9.23. The predicted molar refractivity (Wildman–Crippen MR) is 141 cm³/mol. The number of hydrogen-bond donors (Lipinski definition) is 2. The molecule has 0 saturated carbocycles. The number of carbonyl (C=O) groups excluding carboxylic acids is 1. The van der Waals surface area contributed by atoms with Gasteiger partial charge in [0.1, 0.15) is 18.2 Å². The molecule has 0 aliphatic heterocycles. The fraction of sp³-hybridized carbons (Fsp3) is 0.0769. The van der Waals surface area contributed by atoms with Crippen molar-refractivity contribution in [3.8, 4) is 5.75 Å². The second-order valence-electron chi connectivity index (χ2n) is 7.39. The van der Waals surface area contributed by atoms with Crippen LogP contribution in [0.5, 0.6) is 5.75 Å². The summed E-state index contributed by atoms with van der Waals surface area (Å²) in [6.07, 6.45) is 1.54. The highest BCUT2D eigenvalue weighted by Gasteiger charge is 2.10. The van der Waals surface area contributed by atoms with E-state index in [0.29, 0.717) is 18.0 Å². The van der Waals surface area contributed by atoms with Crippen molar-refractivity contribution < 1.29 is 13.9 Å². The molecule has 34 heavy (non-hydrogen) atoms. The zero-order valence-electron chi connectivity index (χ0n) is 17.9. The van der Waals surface area contributed by atoms with Gasteiger partial charge in [0.05, 0.1) is 21.7 Å². The molecule has 0 atom stereocenters. The number of fused-ring (bicyclic) bond motifs is 1. The molecule has 0 heterocycles. The van der Waals surface area contributed by atoms with Crippen LogP contribution in [0.1, 0.15) is 11.1 Å². The van der Waals surface area contributed by atoms with Crippen LogP contribution in [0.15, 0.2) is 92.9 Å². The van der Waals surface area contributed by atoms with Crippen LogP contribution in [-0.4, -0.2) is 18.7 Å². The first-order chi connectivity index (χ1) is 16.5. The molecule has 172 valence electrons. The summed E-state index contributed by atoms with van der Waals surface area (Å²) in [4.78, 5) is 12.0. The molecule has 4 rings (SSSR count). The highest BCUT2D eigenvalue weighted by Crippen LogP contribution is 2.35. The van der Waals surface area contributed by atoms with Crippen LogP contribution >= 0.6 is 31.9 Å². The Kier molecular flexibility index (Phi) is 7.92. The summed E-state index contributed by atoms with van der Waals surface area (Å²) in [6.45, 7) is 0.431. The summed E-state index contributed by atoms with van der Waals surface area (Å²) < 4.78 is 20.5. The van der Waals surface area contributed by atoms with Gasteiger partial charge < -0.3 is 10.1 Å². The van der Waals surface area contributed by atoms with Gasteiger partial charge in [0.25, 0.3) is 5.91 Å². The van der Waals surface area contributed by atoms with Crippen molar-refractivity contribution in [1.82, 2.24) is 5.43 Å². The summed E-state index contributed by atoms with van der Waals surface area (Å²) in [6, 6.07) is 23.8. The van der Waals surface area contributed by atoms with Crippen molar-refractivity contribution in [2.45, 2.75) is 6.61 Å². The lowest BCUT2D eigenvalue weighted by Crippen LogP contribution is -2.25. The number of anilines is 1. The summed E-state index contributed by atoms with van der Waals surface area (Å²) in [5.74, 6) is 0.0215. The molecule has 8 heteroatoms. The van der Waals surface area contributed by atoms with Crippen molar-refractivity contribution in [1.29, 1.82) is 0 Å². The molecule has 0 spiro atoms. The minimum atomic E-state index is -0.332. The Hall–Kier alpha value is -3.23. The van der Waals surface area contributed by atoms with Crippen LogP contribution in [0.25, 0.3) is 10.8 Å². The molecule has 4 aromatic carbocycles. The van der Waals surface area contributed by atoms with E-state index in [9.17, 15) is 9.18 Å². The van der Waals surface area contributed by atoms with Gasteiger partial charge in [0, 0.05) is 5.69 Å². The molecule has 0 aliphatic rings. The molecule has 0 bridgehead atoms. The SMILES string of the molecule is O=C(CNc1ccc(F)cc1)N/N=C\c1cc(Br)c(OCc2cccc3ccccc23)c(Br)c1. The van der Waals surface area contributed by atoms with E-state index in [2.05, 4.69) is 72.0 Å². The van der Waals surface area contributed by atoms with Gasteiger partial charge in [0.15, 0.2) is 0 Å². The van der Waals surface area contributed by atoms with Gasteiger partial charge in [0.2, 0.25) is 0 Å². The van der Waals surface area contributed by atoms with E-state index in [1.807, 2.05) is 30.3 Å². The molecule has 4 aromatic rings. The minimum Gasteiger partial charge on any atom is -0.487 e. The smallest absolute Gasteiger partial charge is 0.259 e. The Bertz CT molecular complexity index is 1320. The Labute approximate surface area is 213 Å². The van der Waals surface area contributed by atoms with E-state index in [-0.39, 0.29) is 18.3 Å². The standard InChI is InChI=1S/C26H20Br2FN3O2/c27-23-12-17(14-31-32-25(33)15-30-21-10-8-20(29)9-11-21)13-24(28)26(23)34-16-19-6-3-5-18-4-1-2-7-22(18)19/h1-14,30H,15-16H2,(H,32,33)/b31-14-. The van der Waals surface area contributed by atoms with Crippen molar-refractivity contribution >= 4 is 60.4 Å². The van der Waals surface area contributed by atoms with E-state index in [1.54, 1.807) is 18.3 Å². The Morgan fingerprint density at radius 2 is 1.68 bits per heavy atom. The number of hydrogen-bond acceptors (Lipinski definition) is 4. The summed E-state index contributed by atoms with van der Waals surface area (Å²) in [5.41, 5.74) is 4.97. The van der Waals surface area contributed by atoms with Crippen molar-refractivity contribution in [2.24, 2.45) is 5.10 Å². The number of carbonyl (C=O) groups is 1. The zero-order chi connectivity index (χ0) is 23.9. The molecule has 0 fully saturated rings. The maximum atomic E-state index is 12.9. The van der Waals surface area contributed by atoms with Crippen LogP contribution in [-0.2, 0) is 11.4 Å². The zero-order valence-corrected chi connectivity index (χ0v) is 21.1. The van der Waals surface area contributed by atoms with E-state index in [0.717, 1.165) is 25.5 Å². The maximum Gasteiger partial charge on any atom is 0.259 e. The van der Waals surface area contributed by atoms with E-state index in [1.165, 1.54) is 17.5 Å². The van der Waals surface area contributed by atoms with Gasteiger partial charge in [-0.2, -0.15) is 5.10 Å². The number of hydrazone groups is 1. The van der Waals surface area contributed by atoms with E-state index < -0.39 is 0 Å². The lowest BCUT2D eigenvalue weighted by molar-refractivity contribution is -0.119.